The molecule has 0 radical (unpaired) electrons. The Kier molecular flexibility index (Phi) is 4.45. The normalized spacial score (nSPS) is 24.2. The SMILES string of the molecule is Cc1cc(C)c(C(Br)C2CCCCC2(C)C)c(C)c1. The second kappa shape index (κ2) is 5.60. The topological polar surface area (TPSA) is 0 Å². The van der Waals surface area contributed by atoms with Crippen molar-refractivity contribution in [3.05, 3.63) is 34.4 Å². The van der Waals surface area contributed by atoms with Crippen molar-refractivity contribution in [1.82, 2.24) is 0 Å². The van der Waals surface area contributed by atoms with E-state index in [2.05, 4.69) is 62.7 Å². The predicted molar refractivity (Wildman–Crippen MR) is 88.1 cm³/mol. The molecule has 0 nitrogen and oxygen atoms in total. The van der Waals surface area contributed by atoms with Gasteiger partial charge in [-0.25, -0.2) is 0 Å². The molecule has 2 atom stereocenters. The molecule has 0 aromatic heterocycles. The molecule has 2 rings (SSSR count). The minimum Gasteiger partial charge on any atom is -0.0835 e. The summed E-state index contributed by atoms with van der Waals surface area (Å²) in [6.07, 6.45) is 5.51. The van der Waals surface area contributed by atoms with Crippen LogP contribution in [-0.2, 0) is 0 Å². The summed E-state index contributed by atoms with van der Waals surface area (Å²) in [6, 6.07) is 4.65. The number of halogens is 1. The van der Waals surface area contributed by atoms with Crippen LogP contribution in [0.4, 0.5) is 0 Å². The molecule has 0 saturated heterocycles. The number of benzene rings is 1. The summed E-state index contributed by atoms with van der Waals surface area (Å²) in [5.41, 5.74) is 6.25. The molecule has 1 fully saturated rings. The van der Waals surface area contributed by atoms with Gasteiger partial charge in [-0.05, 0) is 61.6 Å². The van der Waals surface area contributed by atoms with Crippen molar-refractivity contribution in [3.63, 3.8) is 0 Å². The first-order chi connectivity index (χ1) is 8.83. The number of hydrogen-bond acceptors (Lipinski definition) is 0. The fraction of sp³-hybridized carbons (Fsp3) is 0.667. The molecule has 1 saturated carbocycles. The van der Waals surface area contributed by atoms with Crippen LogP contribution in [0.1, 0.15) is 66.6 Å². The zero-order valence-electron chi connectivity index (χ0n) is 13.0. The lowest BCUT2D eigenvalue weighted by molar-refractivity contribution is 0.136. The van der Waals surface area contributed by atoms with Gasteiger partial charge in [-0.1, -0.05) is 60.3 Å². The van der Waals surface area contributed by atoms with Crippen molar-refractivity contribution in [3.8, 4) is 0 Å². The van der Waals surface area contributed by atoms with Crippen LogP contribution in [0.5, 0.6) is 0 Å². The van der Waals surface area contributed by atoms with E-state index in [1.807, 2.05) is 0 Å². The maximum atomic E-state index is 4.05. The smallest absolute Gasteiger partial charge is 0.0433 e. The molecule has 1 aliphatic rings. The lowest BCUT2D eigenvalue weighted by Gasteiger charge is -2.42. The molecule has 19 heavy (non-hydrogen) atoms. The average Bonchev–Trinajstić information content (AvgIpc) is 2.26. The molecule has 2 unspecified atom stereocenters. The molecule has 1 aromatic rings. The van der Waals surface area contributed by atoms with Gasteiger partial charge in [0.25, 0.3) is 0 Å². The molecule has 0 amide bonds. The highest BCUT2D eigenvalue weighted by Gasteiger charge is 2.37. The van der Waals surface area contributed by atoms with E-state index in [1.165, 1.54) is 47.9 Å². The first-order valence-corrected chi connectivity index (χ1v) is 8.46. The van der Waals surface area contributed by atoms with Crippen molar-refractivity contribution in [2.75, 3.05) is 0 Å². The Morgan fingerprint density at radius 2 is 1.68 bits per heavy atom. The summed E-state index contributed by atoms with van der Waals surface area (Å²) in [5, 5.41) is 0. The maximum Gasteiger partial charge on any atom is 0.0433 e. The van der Waals surface area contributed by atoms with E-state index in [0.717, 1.165) is 5.92 Å². The van der Waals surface area contributed by atoms with Crippen molar-refractivity contribution < 1.29 is 0 Å². The average molecular weight is 323 g/mol. The maximum absolute atomic E-state index is 4.05. The molecule has 0 N–H and O–H groups in total. The van der Waals surface area contributed by atoms with Crippen LogP contribution in [0.25, 0.3) is 0 Å². The number of hydrogen-bond donors (Lipinski definition) is 0. The van der Waals surface area contributed by atoms with Crippen LogP contribution in [-0.4, -0.2) is 0 Å². The van der Waals surface area contributed by atoms with Gasteiger partial charge in [-0.15, -0.1) is 0 Å². The van der Waals surface area contributed by atoms with Crippen molar-refractivity contribution in [2.24, 2.45) is 11.3 Å². The highest BCUT2D eigenvalue weighted by Crippen LogP contribution is 2.51. The number of aryl methyl sites for hydroxylation is 3. The number of rotatable bonds is 2. The molecule has 0 aliphatic heterocycles. The van der Waals surface area contributed by atoms with Crippen molar-refractivity contribution in [1.29, 1.82) is 0 Å². The standard InChI is InChI=1S/C18H27Br/c1-12-10-13(2)16(14(3)11-12)17(19)15-8-6-7-9-18(15,4)5/h10-11,15,17H,6-9H2,1-5H3. The highest BCUT2D eigenvalue weighted by atomic mass is 79.9. The molecular weight excluding hydrogens is 296 g/mol. The van der Waals surface area contributed by atoms with Crippen LogP contribution in [0.3, 0.4) is 0 Å². The Balaban J connectivity index is 2.36. The molecular formula is C18H27Br. The Labute approximate surface area is 127 Å². The summed E-state index contributed by atoms with van der Waals surface area (Å²) in [6.45, 7) is 11.6. The van der Waals surface area contributed by atoms with Gasteiger partial charge in [0, 0.05) is 4.83 Å². The van der Waals surface area contributed by atoms with E-state index in [9.17, 15) is 0 Å². The van der Waals surface area contributed by atoms with Crippen molar-refractivity contribution in [2.45, 2.75) is 65.1 Å². The first kappa shape index (κ1) is 15.1. The van der Waals surface area contributed by atoms with E-state index in [-0.39, 0.29) is 0 Å². The van der Waals surface area contributed by atoms with E-state index in [4.69, 9.17) is 0 Å². The van der Waals surface area contributed by atoms with Crippen molar-refractivity contribution >= 4 is 15.9 Å². The third kappa shape index (κ3) is 3.07. The Morgan fingerprint density at radius 1 is 1.11 bits per heavy atom. The molecule has 1 heteroatoms. The lowest BCUT2D eigenvalue weighted by atomic mass is 9.66. The van der Waals surface area contributed by atoms with Gasteiger partial charge in [0.15, 0.2) is 0 Å². The van der Waals surface area contributed by atoms with E-state index in [0.29, 0.717) is 10.2 Å². The Bertz CT molecular complexity index is 436. The van der Waals surface area contributed by atoms with Gasteiger partial charge < -0.3 is 0 Å². The number of alkyl halides is 1. The van der Waals surface area contributed by atoms with E-state index < -0.39 is 0 Å². The molecule has 0 bridgehead atoms. The van der Waals surface area contributed by atoms with E-state index in [1.54, 1.807) is 0 Å². The largest absolute Gasteiger partial charge is 0.0835 e. The Morgan fingerprint density at radius 3 is 2.21 bits per heavy atom. The zero-order chi connectivity index (χ0) is 14.2. The first-order valence-electron chi connectivity index (χ1n) is 7.55. The predicted octanol–water partition coefficient (Wildman–Crippen LogP) is 6.26. The third-order valence-corrected chi connectivity index (χ3v) is 6.05. The van der Waals surface area contributed by atoms with Gasteiger partial charge in [-0.2, -0.15) is 0 Å². The minimum atomic E-state index is 0.455. The van der Waals surface area contributed by atoms with Crippen LogP contribution in [0.15, 0.2) is 12.1 Å². The van der Waals surface area contributed by atoms with Crippen LogP contribution in [0, 0.1) is 32.1 Å². The van der Waals surface area contributed by atoms with Gasteiger partial charge in [0.1, 0.15) is 0 Å². The fourth-order valence-electron chi connectivity index (χ4n) is 3.89. The molecule has 1 aliphatic carbocycles. The minimum absolute atomic E-state index is 0.455. The van der Waals surface area contributed by atoms with Crippen LogP contribution < -0.4 is 0 Å². The zero-order valence-corrected chi connectivity index (χ0v) is 14.6. The third-order valence-electron chi connectivity index (χ3n) is 4.96. The van der Waals surface area contributed by atoms with Gasteiger partial charge >= 0.3 is 0 Å². The van der Waals surface area contributed by atoms with Crippen LogP contribution in [0.2, 0.25) is 0 Å². The summed E-state index contributed by atoms with van der Waals surface area (Å²) < 4.78 is 0. The molecule has 1 aromatic carbocycles. The van der Waals surface area contributed by atoms with Gasteiger partial charge in [-0.3, -0.25) is 0 Å². The second-order valence-corrected chi connectivity index (χ2v) is 8.04. The summed E-state index contributed by atoms with van der Waals surface area (Å²) in [7, 11) is 0. The highest BCUT2D eigenvalue weighted by molar-refractivity contribution is 9.09. The molecule has 0 spiro atoms. The molecule has 0 heterocycles. The van der Waals surface area contributed by atoms with Gasteiger partial charge in [0.05, 0.1) is 0 Å². The van der Waals surface area contributed by atoms with Gasteiger partial charge in [0.2, 0.25) is 0 Å². The lowest BCUT2D eigenvalue weighted by Crippen LogP contribution is -2.31. The quantitative estimate of drug-likeness (QED) is 0.563. The summed E-state index contributed by atoms with van der Waals surface area (Å²) >= 11 is 4.05. The fourth-order valence-corrected chi connectivity index (χ4v) is 5.59. The molecule has 106 valence electrons. The second-order valence-electron chi connectivity index (χ2n) is 7.06. The Hall–Kier alpha value is -0.300. The summed E-state index contributed by atoms with van der Waals surface area (Å²) in [4.78, 5) is 0.503. The van der Waals surface area contributed by atoms with Crippen LogP contribution >= 0.6 is 15.9 Å². The summed E-state index contributed by atoms with van der Waals surface area (Å²) in [5.74, 6) is 0.751. The monoisotopic (exact) mass is 322 g/mol. The van der Waals surface area contributed by atoms with E-state index >= 15 is 0 Å².